The van der Waals surface area contributed by atoms with Crippen LogP contribution in [0.3, 0.4) is 0 Å². The van der Waals surface area contributed by atoms with Gasteiger partial charge in [0, 0.05) is 11.4 Å². The molecule has 1 N–H and O–H groups in total. The summed E-state index contributed by atoms with van der Waals surface area (Å²) in [5.41, 5.74) is 1.13. The minimum Gasteiger partial charge on any atom is -0.271 e. The first-order chi connectivity index (χ1) is 9.17. The van der Waals surface area contributed by atoms with Crippen LogP contribution < -0.4 is 0 Å². The van der Waals surface area contributed by atoms with Crippen LogP contribution in [0.4, 0.5) is 8.78 Å². The summed E-state index contributed by atoms with van der Waals surface area (Å²) in [7, 11) is 0. The van der Waals surface area contributed by atoms with Gasteiger partial charge in [0.05, 0.1) is 6.04 Å². The normalized spacial score (nSPS) is 16.7. The molecule has 1 aromatic heterocycles. The zero-order valence-electron chi connectivity index (χ0n) is 9.94. The molecule has 2 aromatic rings. The molecule has 1 atom stereocenters. The standard InChI is InChI=1S/C11H10ClN3S.CH2F2/c12-8-4-2-1-3-7(8)9-5-6-10-13-11(16)14-15(9)10;2-1-3/h1-4,9H,5-6H2,(H,14,16);1H2. The number of alkyl halides is 2. The molecule has 0 amide bonds. The molecule has 0 fully saturated rings. The number of fused-ring (bicyclic) bond motifs is 1. The van der Waals surface area contributed by atoms with Gasteiger partial charge >= 0.3 is 0 Å². The minimum atomic E-state index is -1.75. The Balaban J connectivity index is 0.000000408. The van der Waals surface area contributed by atoms with Crippen molar-refractivity contribution in [2.75, 3.05) is 6.93 Å². The van der Waals surface area contributed by atoms with Gasteiger partial charge in [0.2, 0.25) is 11.7 Å². The topological polar surface area (TPSA) is 33.6 Å². The lowest BCUT2D eigenvalue weighted by molar-refractivity contribution is 0.295. The molecule has 0 spiro atoms. The van der Waals surface area contributed by atoms with Crippen LogP contribution in [0.15, 0.2) is 24.3 Å². The van der Waals surface area contributed by atoms with Gasteiger partial charge in [-0.1, -0.05) is 29.8 Å². The van der Waals surface area contributed by atoms with Gasteiger partial charge in [0.25, 0.3) is 0 Å². The van der Waals surface area contributed by atoms with Crippen molar-refractivity contribution in [2.24, 2.45) is 0 Å². The number of nitrogens with one attached hydrogen (secondary N) is 1. The molecule has 0 radical (unpaired) electrons. The van der Waals surface area contributed by atoms with Crippen LogP contribution in [0.5, 0.6) is 0 Å². The molecule has 0 saturated carbocycles. The molecular formula is C12H12ClF2N3S. The van der Waals surface area contributed by atoms with E-state index in [0.29, 0.717) is 4.77 Å². The van der Waals surface area contributed by atoms with Gasteiger partial charge in [-0.2, -0.15) is 0 Å². The van der Waals surface area contributed by atoms with E-state index < -0.39 is 6.93 Å². The molecule has 1 aromatic carbocycles. The Morgan fingerprint density at radius 1 is 1.42 bits per heavy atom. The molecule has 0 aliphatic carbocycles. The second-order valence-corrected chi connectivity index (χ2v) is 4.79. The Morgan fingerprint density at radius 3 is 2.79 bits per heavy atom. The van der Waals surface area contributed by atoms with Gasteiger partial charge < -0.3 is 0 Å². The third kappa shape index (κ3) is 3.01. The molecule has 1 aliphatic heterocycles. The van der Waals surface area contributed by atoms with Gasteiger partial charge in [-0.05, 0) is 30.3 Å². The van der Waals surface area contributed by atoms with E-state index in [1.54, 1.807) is 0 Å². The SMILES string of the molecule is FCF.S=c1nc2n([nH]1)C(c1ccccc1Cl)CC2. The van der Waals surface area contributed by atoms with Crippen LogP contribution in [-0.2, 0) is 6.42 Å². The highest BCUT2D eigenvalue weighted by Gasteiger charge is 2.26. The lowest BCUT2D eigenvalue weighted by Crippen LogP contribution is -2.07. The summed E-state index contributed by atoms with van der Waals surface area (Å²) in [6, 6.07) is 8.16. The summed E-state index contributed by atoms with van der Waals surface area (Å²) in [6.45, 7) is -1.75. The van der Waals surface area contributed by atoms with Crippen molar-refractivity contribution in [2.45, 2.75) is 18.9 Å². The molecule has 7 heteroatoms. The Bertz CT molecular complexity index is 611. The lowest BCUT2D eigenvalue weighted by atomic mass is 10.1. The maximum absolute atomic E-state index is 9.62. The first kappa shape index (κ1) is 14.1. The monoisotopic (exact) mass is 303 g/mol. The average molecular weight is 304 g/mol. The van der Waals surface area contributed by atoms with Crippen LogP contribution in [0.25, 0.3) is 0 Å². The van der Waals surface area contributed by atoms with Gasteiger partial charge in [-0.15, -0.1) is 0 Å². The largest absolute Gasteiger partial charge is 0.271 e. The van der Waals surface area contributed by atoms with Gasteiger partial charge in [0.1, 0.15) is 5.82 Å². The number of rotatable bonds is 1. The fourth-order valence-corrected chi connectivity index (χ4v) is 2.70. The summed E-state index contributed by atoms with van der Waals surface area (Å²) in [5.74, 6) is 1.02. The number of aromatic amines is 1. The second kappa shape index (κ2) is 6.25. The summed E-state index contributed by atoms with van der Waals surface area (Å²) >= 11 is 11.2. The highest BCUT2D eigenvalue weighted by atomic mass is 35.5. The first-order valence-electron chi connectivity index (χ1n) is 5.71. The number of benzene rings is 1. The number of aryl methyl sites for hydroxylation is 1. The van der Waals surface area contributed by atoms with Crippen molar-refractivity contribution in [1.82, 2.24) is 14.8 Å². The maximum atomic E-state index is 9.62. The van der Waals surface area contributed by atoms with Crippen molar-refractivity contribution in [1.29, 1.82) is 0 Å². The number of aromatic nitrogens is 3. The van der Waals surface area contributed by atoms with Crippen molar-refractivity contribution in [3.05, 3.63) is 45.4 Å². The number of hydrogen-bond donors (Lipinski definition) is 1. The van der Waals surface area contributed by atoms with Crippen LogP contribution >= 0.6 is 23.8 Å². The van der Waals surface area contributed by atoms with Crippen LogP contribution in [0, 0.1) is 4.77 Å². The zero-order valence-corrected chi connectivity index (χ0v) is 11.5. The number of halogens is 3. The molecule has 0 bridgehead atoms. The summed E-state index contributed by atoms with van der Waals surface area (Å²) in [5, 5.41) is 3.89. The highest BCUT2D eigenvalue weighted by molar-refractivity contribution is 7.71. The van der Waals surface area contributed by atoms with E-state index in [4.69, 9.17) is 23.8 Å². The van der Waals surface area contributed by atoms with Crippen LogP contribution in [0.1, 0.15) is 23.9 Å². The lowest BCUT2D eigenvalue weighted by Gasteiger charge is -2.14. The molecule has 3 rings (SSSR count). The van der Waals surface area contributed by atoms with E-state index in [0.717, 1.165) is 29.3 Å². The Morgan fingerprint density at radius 2 is 2.11 bits per heavy atom. The molecule has 102 valence electrons. The predicted molar refractivity (Wildman–Crippen MR) is 72.4 cm³/mol. The van der Waals surface area contributed by atoms with E-state index in [9.17, 15) is 8.78 Å². The van der Waals surface area contributed by atoms with Gasteiger partial charge in [-0.3, -0.25) is 9.78 Å². The summed E-state index contributed by atoms with van der Waals surface area (Å²) < 4.78 is 21.8. The van der Waals surface area contributed by atoms with Gasteiger partial charge in [0.15, 0.2) is 0 Å². The average Bonchev–Trinajstić information content (AvgIpc) is 2.90. The smallest absolute Gasteiger partial charge is 0.229 e. The van der Waals surface area contributed by atoms with E-state index in [-0.39, 0.29) is 6.04 Å². The molecule has 19 heavy (non-hydrogen) atoms. The number of nitrogens with zero attached hydrogens (tertiary/aromatic N) is 2. The van der Waals surface area contributed by atoms with Crippen LogP contribution in [0.2, 0.25) is 5.02 Å². The Labute approximate surface area is 119 Å². The highest BCUT2D eigenvalue weighted by Crippen LogP contribution is 2.33. The number of hydrogen-bond acceptors (Lipinski definition) is 2. The maximum Gasteiger partial charge on any atom is 0.229 e. The zero-order chi connectivity index (χ0) is 13.8. The van der Waals surface area contributed by atoms with Crippen LogP contribution in [-0.4, -0.2) is 21.7 Å². The summed E-state index contributed by atoms with van der Waals surface area (Å²) in [6.07, 6.45) is 1.97. The van der Waals surface area contributed by atoms with E-state index in [1.807, 2.05) is 22.9 Å². The Kier molecular flexibility index (Phi) is 4.66. The summed E-state index contributed by atoms with van der Waals surface area (Å²) in [4.78, 5) is 4.28. The van der Waals surface area contributed by atoms with Crippen molar-refractivity contribution in [3.63, 3.8) is 0 Å². The van der Waals surface area contributed by atoms with Crippen molar-refractivity contribution in [3.8, 4) is 0 Å². The third-order valence-corrected chi connectivity index (χ3v) is 3.47. The molecule has 3 nitrogen and oxygen atoms in total. The predicted octanol–water partition coefficient (Wildman–Crippen LogP) is 4.01. The Hall–Kier alpha value is -1.27. The molecular weight excluding hydrogens is 292 g/mol. The quantitative estimate of drug-likeness (QED) is 0.808. The molecule has 0 saturated heterocycles. The van der Waals surface area contributed by atoms with Crippen molar-refractivity contribution >= 4 is 23.8 Å². The second-order valence-electron chi connectivity index (χ2n) is 3.99. The fraction of sp³-hybridized carbons (Fsp3) is 0.333. The first-order valence-corrected chi connectivity index (χ1v) is 6.49. The van der Waals surface area contributed by atoms with Crippen molar-refractivity contribution < 1.29 is 8.78 Å². The van der Waals surface area contributed by atoms with E-state index in [1.165, 1.54) is 0 Å². The van der Waals surface area contributed by atoms with E-state index >= 15 is 0 Å². The molecule has 1 unspecified atom stereocenters. The number of H-pyrrole nitrogens is 1. The van der Waals surface area contributed by atoms with Gasteiger partial charge in [-0.25, -0.2) is 13.8 Å². The van der Waals surface area contributed by atoms with E-state index in [2.05, 4.69) is 16.1 Å². The fourth-order valence-electron chi connectivity index (χ4n) is 2.23. The molecule has 2 heterocycles. The molecule has 1 aliphatic rings. The minimum absolute atomic E-state index is 0.243. The third-order valence-electron chi connectivity index (χ3n) is 2.94.